The molecule has 3 N–H and O–H groups in total. The maximum absolute atomic E-state index is 14.9. The van der Waals surface area contributed by atoms with E-state index in [9.17, 15) is 27.2 Å². The summed E-state index contributed by atoms with van der Waals surface area (Å²) in [6, 6.07) is -0.0695. The summed E-state index contributed by atoms with van der Waals surface area (Å²) in [4.78, 5) is 32.2. The van der Waals surface area contributed by atoms with Crippen LogP contribution in [-0.2, 0) is 20.5 Å². The number of carbonyl (C=O) groups excluding carboxylic acids is 2. The second-order valence-electron chi connectivity index (χ2n) is 11.5. The van der Waals surface area contributed by atoms with Crippen LogP contribution in [0.5, 0.6) is 5.75 Å². The number of hydrogen-bond acceptors (Lipinski definition) is 6. The lowest BCUT2D eigenvalue weighted by molar-refractivity contribution is -0.140. The van der Waals surface area contributed by atoms with Gasteiger partial charge in [-0.2, -0.15) is 13.2 Å². The first kappa shape index (κ1) is 28.1. The molecule has 0 radical (unpaired) electrons. The van der Waals surface area contributed by atoms with Crippen LogP contribution < -0.4 is 15.8 Å². The smallest absolute Gasteiger partial charge is 0.419 e. The minimum Gasteiger partial charge on any atom is -0.487 e. The molecular formula is C26H34F4N4O4. The van der Waals surface area contributed by atoms with Gasteiger partial charge < -0.3 is 20.5 Å². The summed E-state index contributed by atoms with van der Waals surface area (Å²) in [6.45, 7) is 7.12. The molecule has 38 heavy (non-hydrogen) atoms. The molecular weight excluding hydrogens is 508 g/mol. The lowest BCUT2D eigenvalue weighted by Crippen LogP contribution is -2.55. The Morgan fingerprint density at radius 1 is 1.32 bits per heavy atom. The number of amides is 2. The van der Waals surface area contributed by atoms with Crippen molar-refractivity contribution in [2.24, 2.45) is 22.6 Å². The van der Waals surface area contributed by atoms with Gasteiger partial charge in [-0.25, -0.2) is 9.38 Å². The van der Waals surface area contributed by atoms with Crippen molar-refractivity contribution in [3.63, 3.8) is 0 Å². The van der Waals surface area contributed by atoms with Crippen LogP contribution in [0.15, 0.2) is 17.1 Å². The van der Waals surface area contributed by atoms with Crippen LogP contribution in [0.2, 0.25) is 0 Å². The lowest BCUT2D eigenvalue weighted by Gasteiger charge is -2.39. The molecule has 2 heterocycles. The number of fused-ring (bicyclic) bond motifs is 1. The van der Waals surface area contributed by atoms with Gasteiger partial charge in [-0.3, -0.25) is 14.5 Å². The SMILES string of the molecule is COCC[C@H]([C@@H]1C[C@H]1C(=O)NC1CC(C)(C)Oc2c(C(F)(F)F)ccc(F)c21)N1C(=O)CC(C)(C)N=C1N. The van der Waals surface area contributed by atoms with Gasteiger partial charge in [-0.1, -0.05) is 0 Å². The van der Waals surface area contributed by atoms with E-state index in [0.29, 0.717) is 25.5 Å². The van der Waals surface area contributed by atoms with Crippen molar-refractivity contribution < 1.29 is 36.6 Å². The van der Waals surface area contributed by atoms with Gasteiger partial charge in [0.2, 0.25) is 11.8 Å². The molecule has 0 aromatic heterocycles. The van der Waals surface area contributed by atoms with Crippen molar-refractivity contribution >= 4 is 17.8 Å². The summed E-state index contributed by atoms with van der Waals surface area (Å²) in [5.74, 6) is -2.82. The first-order valence-corrected chi connectivity index (χ1v) is 12.6. The Hall–Kier alpha value is -2.89. The van der Waals surface area contributed by atoms with Crippen LogP contribution in [0.4, 0.5) is 17.6 Å². The number of nitrogens with two attached hydrogens (primary N) is 1. The van der Waals surface area contributed by atoms with Gasteiger partial charge in [0.1, 0.15) is 17.2 Å². The van der Waals surface area contributed by atoms with Gasteiger partial charge >= 0.3 is 6.18 Å². The van der Waals surface area contributed by atoms with Gasteiger partial charge in [0.15, 0.2) is 5.96 Å². The van der Waals surface area contributed by atoms with Crippen LogP contribution >= 0.6 is 0 Å². The molecule has 0 spiro atoms. The first-order valence-electron chi connectivity index (χ1n) is 12.6. The number of rotatable bonds is 7. The van der Waals surface area contributed by atoms with Gasteiger partial charge in [0, 0.05) is 32.1 Å². The fourth-order valence-electron chi connectivity index (χ4n) is 5.60. The topological polar surface area (TPSA) is 106 Å². The third-order valence-electron chi connectivity index (χ3n) is 7.32. The fraction of sp³-hybridized carbons (Fsp3) is 0.654. The zero-order chi connectivity index (χ0) is 28.2. The Bertz CT molecular complexity index is 1150. The number of nitrogens with one attached hydrogen (secondary N) is 1. The summed E-state index contributed by atoms with van der Waals surface area (Å²) >= 11 is 0. The molecule has 1 saturated carbocycles. The summed E-state index contributed by atoms with van der Waals surface area (Å²) < 4.78 is 66.6. The van der Waals surface area contributed by atoms with Crippen molar-refractivity contribution in [3.8, 4) is 5.75 Å². The van der Waals surface area contributed by atoms with E-state index in [1.54, 1.807) is 13.8 Å². The van der Waals surface area contributed by atoms with Crippen LogP contribution in [0.1, 0.15) is 70.5 Å². The van der Waals surface area contributed by atoms with Crippen LogP contribution in [0, 0.1) is 17.7 Å². The van der Waals surface area contributed by atoms with Crippen molar-refractivity contribution in [2.75, 3.05) is 13.7 Å². The van der Waals surface area contributed by atoms with E-state index < -0.39 is 58.4 Å². The second kappa shape index (κ2) is 9.69. The highest BCUT2D eigenvalue weighted by atomic mass is 19.4. The number of nitrogens with zero attached hydrogens (tertiary/aromatic N) is 2. The second-order valence-corrected chi connectivity index (χ2v) is 11.5. The van der Waals surface area contributed by atoms with Crippen molar-refractivity contribution in [2.45, 2.75) is 82.8 Å². The number of carbonyl (C=O) groups is 2. The van der Waals surface area contributed by atoms with Gasteiger partial charge in [-0.15, -0.1) is 0 Å². The van der Waals surface area contributed by atoms with Gasteiger partial charge in [-0.05, 0) is 58.6 Å². The van der Waals surface area contributed by atoms with E-state index in [4.69, 9.17) is 15.2 Å². The van der Waals surface area contributed by atoms with E-state index in [1.807, 2.05) is 13.8 Å². The molecule has 8 nitrogen and oxygen atoms in total. The highest BCUT2D eigenvalue weighted by Crippen LogP contribution is 2.49. The molecule has 1 unspecified atom stereocenters. The standard InChI is InChI=1S/C26H34F4N4O4/c1-24(2)12-19(35)34(23(31)33-24)18(8-9-37-5)13-10-14(13)22(36)32-17-11-25(3,4)38-21-15(26(28,29)30)6-7-16(27)20(17)21/h6-7,13-14,17-18H,8-12H2,1-5H3,(H2,31,33)(H,32,36)/t13-,14-,17?,18-/m1/s1. The number of aliphatic imine (C=N–C) groups is 1. The van der Waals surface area contributed by atoms with Crippen molar-refractivity contribution in [1.82, 2.24) is 10.2 Å². The summed E-state index contributed by atoms with van der Waals surface area (Å²) in [6.07, 6.45) is -3.66. The first-order chi connectivity index (χ1) is 17.5. The molecule has 210 valence electrons. The number of methoxy groups -OCH3 is 1. The maximum atomic E-state index is 14.9. The largest absolute Gasteiger partial charge is 0.487 e. The Kier molecular flexibility index (Phi) is 7.17. The Labute approximate surface area is 218 Å². The summed E-state index contributed by atoms with van der Waals surface area (Å²) in [5, 5.41) is 2.77. The summed E-state index contributed by atoms with van der Waals surface area (Å²) in [7, 11) is 1.53. The number of halogens is 4. The normalized spacial score (nSPS) is 26.7. The van der Waals surface area contributed by atoms with Crippen molar-refractivity contribution in [3.05, 3.63) is 29.1 Å². The molecule has 1 aromatic rings. The molecule has 4 atom stereocenters. The molecule has 0 saturated heterocycles. The molecule has 0 bridgehead atoms. The average molecular weight is 543 g/mol. The highest BCUT2D eigenvalue weighted by Gasteiger charge is 2.53. The number of ether oxygens (including phenoxy) is 2. The third-order valence-corrected chi connectivity index (χ3v) is 7.32. The quantitative estimate of drug-likeness (QED) is 0.508. The Balaban J connectivity index is 1.57. The van der Waals surface area contributed by atoms with Crippen LogP contribution in [0.25, 0.3) is 0 Å². The molecule has 1 fully saturated rings. The zero-order valence-electron chi connectivity index (χ0n) is 22.1. The molecule has 1 aromatic carbocycles. The maximum Gasteiger partial charge on any atom is 0.419 e. The number of guanidine groups is 1. The molecule has 1 aliphatic carbocycles. The van der Waals surface area contributed by atoms with Gasteiger partial charge in [0.25, 0.3) is 0 Å². The average Bonchev–Trinajstić information content (AvgIpc) is 3.53. The predicted octanol–water partition coefficient (Wildman–Crippen LogP) is 3.93. The number of alkyl halides is 3. The number of hydrogen-bond donors (Lipinski definition) is 2. The van der Waals surface area contributed by atoms with E-state index in [0.717, 1.165) is 6.07 Å². The minimum atomic E-state index is -4.76. The molecule has 2 amide bonds. The van der Waals surface area contributed by atoms with E-state index in [-0.39, 0.29) is 36.2 Å². The predicted molar refractivity (Wildman–Crippen MR) is 131 cm³/mol. The van der Waals surface area contributed by atoms with Gasteiger partial charge in [0.05, 0.1) is 29.1 Å². The van der Waals surface area contributed by atoms with Crippen LogP contribution in [0.3, 0.4) is 0 Å². The fourth-order valence-corrected chi connectivity index (χ4v) is 5.60. The Morgan fingerprint density at radius 2 is 2.00 bits per heavy atom. The number of benzene rings is 1. The van der Waals surface area contributed by atoms with E-state index >= 15 is 0 Å². The zero-order valence-corrected chi connectivity index (χ0v) is 22.1. The molecule has 12 heteroatoms. The monoisotopic (exact) mass is 542 g/mol. The Morgan fingerprint density at radius 3 is 2.61 bits per heavy atom. The molecule has 4 rings (SSSR count). The highest BCUT2D eigenvalue weighted by molar-refractivity contribution is 5.99. The van der Waals surface area contributed by atoms with E-state index in [2.05, 4.69) is 10.3 Å². The molecule has 2 aliphatic heterocycles. The van der Waals surface area contributed by atoms with Crippen LogP contribution in [-0.4, -0.2) is 53.6 Å². The van der Waals surface area contributed by atoms with Crippen molar-refractivity contribution in [1.29, 1.82) is 0 Å². The summed E-state index contributed by atoms with van der Waals surface area (Å²) in [5.41, 5.74) is 3.05. The minimum absolute atomic E-state index is 0.0771. The van der Waals surface area contributed by atoms with E-state index in [1.165, 1.54) is 12.0 Å². The lowest BCUT2D eigenvalue weighted by atomic mass is 9.87. The third kappa shape index (κ3) is 5.60. The molecule has 3 aliphatic rings.